The molecule has 0 aliphatic carbocycles. The summed E-state index contributed by atoms with van der Waals surface area (Å²) in [6, 6.07) is 1.35. The predicted octanol–water partition coefficient (Wildman–Crippen LogP) is 0.484. The van der Waals surface area contributed by atoms with Crippen LogP contribution < -0.4 is 5.56 Å². The summed E-state index contributed by atoms with van der Waals surface area (Å²) in [4.78, 5) is 31.1. The van der Waals surface area contributed by atoms with Gasteiger partial charge in [-0.2, -0.15) is 0 Å². The number of hydrogen-bond acceptors (Lipinski definition) is 4. The lowest BCUT2D eigenvalue weighted by atomic mass is 10.4. The van der Waals surface area contributed by atoms with Crippen molar-refractivity contribution >= 4 is 17.7 Å². The molecular formula is C10H13N3O2S. The van der Waals surface area contributed by atoms with Crippen molar-refractivity contribution in [3.63, 3.8) is 0 Å². The van der Waals surface area contributed by atoms with Crippen LogP contribution in [0.1, 0.15) is 12.8 Å². The van der Waals surface area contributed by atoms with E-state index in [4.69, 9.17) is 0 Å². The van der Waals surface area contributed by atoms with Crippen LogP contribution >= 0.6 is 11.8 Å². The highest BCUT2D eigenvalue weighted by Crippen LogP contribution is 2.14. The Morgan fingerprint density at radius 1 is 1.50 bits per heavy atom. The molecule has 1 fully saturated rings. The van der Waals surface area contributed by atoms with E-state index < -0.39 is 0 Å². The van der Waals surface area contributed by atoms with Crippen molar-refractivity contribution in [2.75, 3.05) is 18.8 Å². The summed E-state index contributed by atoms with van der Waals surface area (Å²) in [5.74, 6) is 0.460. The molecule has 0 atom stereocenters. The Morgan fingerprint density at radius 2 is 2.25 bits per heavy atom. The van der Waals surface area contributed by atoms with Gasteiger partial charge in [0.1, 0.15) is 0 Å². The standard InChI is InChI=1S/C10H13N3O2S/c14-8-3-4-11-10(12-8)16-7-9(15)13-5-1-2-6-13/h3-4H,1-2,5-7H2,(H,11,12,14). The molecule has 1 N–H and O–H groups in total. The van der Waals surface area contributed by atoms with Crippen LogP contribution in [0.3, 0.4) is 0 Å². The Hall–Kier alpha value is -1.30. The second-order valence-electron chi connectivity index (χ2n) is 3.62. The first-order valence-electron chi connectivity index (χ1n) is 5.21. The van der Waals surface area contributed by atoms with E-state index in [-0.39, 0.29) is 11.5 Å². The van der Waals surface area contributed by atoms with Gasteiger partial charge in [-0.1, -0.05) is 11.8 Å². The van der Waals surface area contributed by atoms with Crippen molar-refractivity contribution in [3.05, 3.63) is 22.6 Å². The molecule has 0 radical (unpaired) electrons. The molecule has 0 bridgehead atoms. The summed E-state index contributed by atoms with van der Waals surface area (Å²) in [5, 5.41) is 0.500. The van der Waals surface area contributed by atoms with Crippen molar-refractivity contribution in [2.45, 2.75) is 18.0 Å². The van der Waals surface area contributed by atoms with Crippen LogP contribution in [0, 0.1) is 0 Å². The van der Waals surface area contributed by atoms with E-state index in [0.717, 1.165) is 25.9 Å². The number of likely N-dealkylation sites (tertiary alicyclic amines) is 1. The lowest BCUT2D eigenvalue weighted by Crippen LogP contribution is -2.29. The maximum absolute atomic E-state index is 11.7. The van der Waals surface area contributed by atoms with E-state index in [2.05, 4.69) is 9.97 Å². The minimum atomic E-state index is -0.189. The minimum absolute atomic E-state index is 0.119. The van der Waals surface area contributed by atoms with Crippen LogP contribution in [-0.2, 0) is 4.79 Å². The van der Waals surface area contributed by atoms with E-state index in [1.165, 1.54) is 24.0 Å². The van der Waals surface area contributed by atoms with Crippen molar-refractivity contribution in [1.82, 2.24) is 14.9 Å². The number of carbonyl (C=O) groups is 1. The van der Waals surface area contributed by atoms with Crippen molar-refractivity contribution in [1.29, 1.82) is 0 Å². The third kappa shape index (κ3) is 2.85. The zero-order chi connectivity index (χ0) is 11.4. The van der Waals surface area contributed by atoms with Crippen LogP contribution in [0.5, 0.6) is 0 Å². The third-order valence-corrected chi connectivity index (χ3v) is 3.31. The highest BCUT2D eigenvalue weighted by atomic mass is 32.2. The number of amides is 1. The Balaban J connectivity index is 1.87. The summed E-state index contributed by atoms with van der Waals surface area (Å²) in [7, 11) is 0. The molecule has 86 valence electrons. The van der Waals surface area contributed by atoms with Crippen LogP contribution in [0.25, 0.3) is 0 Å². The minimum Gasteiger partial charge on any atom is -0.342 e. The Labute approximate surface area is 97.3 Å². The van der Waals surface area contributed by atoms with Crippen LogP contribution in [0.4, 0.5) is 0 Å². The topological polar surface area (TPSA) is 66.1 Å². The van der Waals surface area contributed by atoms with E-state index >= 15 is 0 Å². The van der Waals surface area contributed by atoms with Crippen LogP contribution in [0.15, 0.2) is 22.2 Å². The van der Waals surface area contributed by atoms with E-state index in [9.17, 15) is 9.59 Å². The van der Waals surface area contributed by atoms with Gasteiger partial charge in [0.05, 0.1) is 5.75 Å². The van der Waals surface area contributed by atoms with Gasteiger partial charge in [-0.05, 0) is 12.8 Å². The normalized spacial score (nSPS) is 15.4. The molecule has 1 aromatic rings. The molecule has 5 nitrogen and oxygen atoms in total. The van der Waals surface area contributed by atoms with Gasteiger partial charge in [0.25, 0.3) is 5.56 Å². The fourth-order valence-corrected chi connectivity index (χ4v) is 2.36. The summed E-state index contributed by atoms with van der Waals surface area (Å²) in [6.45, 7) is 1.72. The van der Waals surface area contributed by atoms with Gasteiger partial charge in [-0.25, -0.2) is 4.98 Å². The number of H-pyrrole nitrogens is 1. The van der Waals surface area contributed by atoms with Gasteiger partial charge in [0.15, 0.2) is 5.16 Å². The van der Waals surface area contributed by atoms with Crippen molar-refractivity contribution < 1.29 is 4.79 Å². The first-order chi connectivity index (χ1) is 7.75. The molecule has 1 saturated heterocycles. The Morgan fingerprint density at radius 3 is 2.94 bits per heavy atom. The average Bonchev–Trinajstić information content (AvgIpc) is 2.79. The van der Waals surface area contributed by atoms with Gasteiger partial charge in [0.2, 0.25) is 5.91 Å². The fraction of sp³-hybridized carbons (Fsp3) is 0.500. The molecule has 0 unspecified atom stereocenters. The van der Waals surface area contributed by atoms with Crippen LogP contribution in [-0.4, -0.2) is 39.6 Å². The lowest BCUT2D eigenvalue weighted by molar-refractivity contribution is -0.127. The maximum Gasteiger partial charge on any atom is 0.251 e. The lowest BCUT2D eigenvalue weighted by Gasteiger charge is -2.14. The number of nitrogens with zero attached hydrogens (tertiary/aromatic N) is 2. The highest BCUT2D eigenvalue weighted by molar-refractivity contribution is 7.99. The highest BCUT2D eigenvalue weighted by Gasteiger charge is 2.17. The molecule has 1 amide bonds. The summed E-state index contributed by atoms with van der Waals surface area (Å²) in [6.07, 6.45) is 3.63. The van der Waals surface area contributed by atoms with Gasteiger partial charge >= 0.3 is 0 Å². The smallest absolute Gasteiger partial charge is 0.251 e. The number of thioether (sulfide) groups is 1. The fourth-order valence-electron chi connectivity index (χ4n) is 1.61. The molecule has 1 aromatic heterocycles. The second-order valence-corrected chi connectivity index (χ2v) is 4.58. The van der Waals surface area contributed by atoms with E-state index in [1.54, 1.807) is 0 Å². The summed E-state index contributed by atoms with van der Waals surface area (Å²) < 4.78 is 0. The Kier molecular flexibility index (Phi) is 3.61. The van der Waals surface area contributed by atoms with E-state index in [1.807, 2.05) is 4.90 Å². The number of hydrogen-bond donors (Lipinski definition) is 1. The third-order valence-electron chi connectivity index (χ3n) is 2.44. The number of carbonyl (C=O) groups excluding carboxylic acids is 1. The number of aromatic amines is 1. The molecule has 1 aliphatic heterocycles. The summed E-state index contributed by atoms with van der Waals surface area (Å²) in [5.41, 5.74) is -0.189. The van der Waals surface area contributed by atoms with E-state index in [0.29, 0.717) is 10.9 Å². The van der Waals surface area contributed by atoms with Gasteiger partial charge in [-0.3, -0.25) is 9.59 Å². The largest absolute Gasteiger partial charge is 0.342 e. The number of nitrogens with one attached hydrogen (secondary N) is 1. The first-order valence-corrected chi connectivity index (χ1v) is 6.20. The molecular weight excluding hydrogens is 226 g/mol. The van der Waals surface area contributed by atoms with Crippen molar-refractivity contribution in [3.8, 4) is 0 Å². The van der Waals surface area contributed by atoms with Gasteiger partial charge in [0, 0.05) is 25.4 Å². The SMILES string of the molecule is O=C(CSc1nccc(=O)[nH]1)N1CCCC1. The average molecular weight is 239 g/mol. The second kappa shape index (κ2) is 5.16. The maximum atomic E-state index is 11.7. The van der Waals surface area contributed by atoms with Crippen molar-refractivity contribution in [2.24, 2.45) is 0 Å². The summed E-state index contributed by atoms with van der Waals surface area (Å²) >= 11 is 1.27. The molecule has 1 aliphatic rings. The van der Waals surface area contributed by atoms with Gasteiger partial charge in [-0.15, -0.1) is 0 Å². The first kappa shape index (κ1) is 11.2. The molecule has 0 saturated carbocycles. The molecule has 0 spiro atoms. The molecule has 2 heterocycles. The molecule has 2 rings (SSSR count). The zero-order valence-electron chi connectivity index (χ0n) is 8.81. The Bertz CT molecular complexity index is 426. The molecule has 0 aromatic carbocycles. The molecule has 6 heteroatoms. The number of aromatic nitrogens is 2. The zero-order valence-corrected chi connectivity index (χ0v) is 9.63. The monoisotopic (exact) mass is 239 g/mol. The predicted molar refractivity (Wildman–Crippen MR) is 61.4 cm³/mol. The quantitative estimate of drug-likeness (QED) is 0.615. The van der Waals surface area contributed by atoms with Crippen LogP contribution in [0.2, 0.25) is 0 Å². The van der Waals surface area contributed by atoms with Gasteiger partial charge < -0.3 is 9.88 Å². The molecule has 16 heavy (non-hydrogen) atoms. The number of rotatable bonds is 3.